The van der Waals surface area contributed by atoms with Crippen LogP contribution in [0.25, 0.3) is 11.3 Å². The molecule has 2 aromatic rings. The number of carboxylic acid groups (broad SMARTS) is 1. The lowest BCUT2D eigenvalue weighted by Gasteiger charge is -2.19. The lowest BCUT2D eigenvalue weighted by molar-refractivity contribution is -0.147. The van der Waals surface area contributed by atoms with Gasteiger partial charge in [-0.2, -0.15) is 0 Å². The molecule has 0 aliphatic carbocycles. The lowest BCUT2D eigenvalue weighted by atomic mass is 9.86. The molecular weight excluding hydrogens is 314 g/mol. The topological polar surface area (TPSA) is 62.5 Å². The minimum absolute atomic E-state index is 0.139. The summed E-state index contributed by atoms with van der Waals surface area (Å²) >= 11 is 0. The Morgan fingerprint density at radius 3 is 2.24 bits per heavy atom. The van der Waals surface area contributed by atoms with Gasteiger partial charge in [-0.25, -0.2) is 0 Å². The molecule has 0 aliphatic heterocycles. The fourth-order valence-electron chi connectivity index (χ4n) is 2.48. The maximum atomic E-state index is 11.1. The van der Waals surface area contributed by atoms with Crippen LogP contribution in [0.2, 0.25) is 0 Å². The SMILES string of the molecule is CC(C)(CCNCc1ccc(-c2ccc(C(C)(C)C)cc2)o1)C(=O)O. The van der Waals surface area contributed by atoms with E-state index in [2.05, 4.69) is 50.4 Å². The second-order valence-electron chi connectivity index (χ2n) is 8.21. The van der Waals surface area contributed by atoms with Crippen LogP contribution >= 0.6 is 0 Å². The maximum absolute atomic E-state index is 11.1. The molecule has 0 unspecified atom stereocenters. The zero-order chi connectivity index (χ0) is 18.7. The molecule has 0 spiro atoms. The van der Waals surface area contributed by atoms with Crippen molar-refractivity contribution >= 4 is 5.97 Å². The number of hydrogen-bond acceptors (Lipinski definition) is 3. The van der Waals surface area contributed by atoms with Gasteiger partial charge in [0.25, 0.3) is 0 Å². The molecule has 0 saturated heterocycles. The van der Waals surface area contributed by atoms with Crippen LogP contribution < -0.4 is 5.32 Å². The summed E-state index contributed by atoms with van der Waals surface area (Å²) in [6, 6.07) is 12.4. The largest absolute Gasteiger partial charge is 0.481 e. The van der Waals surface area contributed by atoms with Crippen molar-refractivity contribution in [1.29, 1.82) is 0 Å². The zero-order valence-electron chi connectivity index (χ0n) is 15.8. The van der Waals surface area contributed by atoms with E-state index >= 15 is 0 Å². The van der Waals surface area contributed by atoms with Crippen molar-refractivity contribution in [3.63, 3.8) is 0 Å². The molecule has 2 N–H and O–H groups in total. The van der Waals surface area contributed by atoms with Crippen LogP contribution in [0.1, 0.15) is 52.4 Å². The quantitative estimate of drug-likeness (QED) is 0.707. The van der Waals surface area contributed by atoms with E-state index in [0.29, 0.717) is 19.5 Å². The standard InChI is InChI=1S/C21H29NO3/c1-20(2,3)16-8-6-15(7-9-16)18-11-10-17(25-18)14-22-13-12-21(4,5)19(23)24/h6-11,22H,12-14H2,1-5H3,(H,23,24). The molecule has 1 aromatic heterocycles. The summed E-state index contributed by atoms with van der Waals surface area (Å²) in [5.41, 5.74) is 1.79. The number of benzene rings is 1. The normalized spacial score (nSPS) is 12.4. The Bertz CT molecular complexity index is 705. The number of nitrogens with one attached hydrogen (secondary N) is 1. The molecule has 0 amide bonds. The molecule has 0 saturated carbocycles. The predicted molar refractivity (Wildman–Crippen MR) is 101 cm³/mol. The van der Waals surface area contributed by atoms with E-state index in [1.165, 1.54) is 5.56 Å². The first-order valence-electron chi connectivity index (χ1n) is 8.73. The van der Waals surface area contributed by atoms with Crippen LogP contribution in [-0.4, -0.2) is 17.6 Å². The van der Waals surface area contributed by atoms with Gasteiger partial charge in [-0.15, -0.1) is 0 Å². The van der Waals surface area contributed by atoms with Crippen LogP contribution in [0.15, 0.2) is 40.8 Å². The molecule has 0 atom stereocenters. The van der Waals surface area contributed by atoms with Gasteiger partial charge in [0.05, 0.1) is 12.0 Å². The number of carbonyl (C=O) groups is 1. The molecule has 0 aliphatic rings. The van der Waals surface area contributed by atoms with Gasteiger partial charge >= 0.3 is 5.97 Å². The van der Waals surface area contributed by atoms with Crippen molar-refractivity contribution in [2.75, 3.05) is 6.54 Å². The summed E-state index contributed by atoms with van der Waals surface area (Å²) < 4.78 is 5.90. The van der Waals surface area contributed by atoms with Gasteiger partial charge in [-0.05, 0) is 49.9 Å². The van der Waals surface area contributed by atoms with Crippen LogP contribution in [0.4, 0.5) is 0 Å². The minimum atomic E-state index is -0.770. The van der Waals surface area contributed by atoms with E-state index < -0.39 is 11.4 Å². The van der Waals surface area contributed by atoms with Crippen molar-refractivity contribution < 1.29 is 14.3 Å². The average molecular weight is 343 g/mol. The molecule has 0 bridgehead atoms. The van der Waals surface area contributed by atoms with Gasteiger partial charge in [0.2, 0.25) is 0 Å². The van der Waals surface area contributed by atoms with E-state index in [9.17, 15) is 4.79 Å². The summed E-state index contributed by atoms with van der Waals surface area (Å²) in [7, 11) is 0. The monoisotopic (exact) mass is 343 g/mol. The van der Waals surface area contributed by atoms with Crippen molar-refractivity contribution in [3.05, 3.63) is 47.7 Å². The van der Waals surface area contributed by atoms with Crippen LogP contribution in [-0.2, 0) is 16.8 Å². The second-order valence-corrected chi connectivity index (χ2v) is 8.21. The summed E-state index contributed by atoms with van der Waals surface area (Å²) in [6.07, 6.45) is 0.574. The predicted octanol–water partition coefficient (Wildman–Crippen LogP) is 4.83. The highest BCUT2D eigenvalue weighted by Crippen LogP contribution is 2.27. The van der Waals surface area contributed by atoms with Crippen molar-refractivity contribution in [1.82, 2.24) is 5.32 Å². The fraction of sp³-hybridized carbons (Fsp3) is 0.476. The number of carboxylic acids is 1. The Labute approximate surface area is 150 Å². The van der Waals surface area contributed by atoms with Gasteiger partial charge in [0.15, 0.2) is 0 Å². The molecule has 0 fully saturated rings. The minimum Gasteiger partial charge on any atom is -0.481 e. The molecule has 2 rings (SSSR count). The van der Waals surface area contributed by atoms with Gasteiger partial charge in [-0.1, -0.05) is 45.0 Å². The summed E-state index contributed by atoms with van der Waals surface area (Å²) in [4.78, 5) is 11.1. The third-order valence-electron chi connectivity index (χ3n) is 4.50. The number of rotatable bonds is 7. The Morgan fingerprint density at radius 1 is 1.04 bits per heavy atom. The van der Waals surface area contributed by atoms with Crippen molar-refractivity contribution in [2.24, 2.45) is 5.41 Å². The first kappa shape index (κ1) is 19.3. The van der Waals surface area contributed by atoms with E-state index in [4.69, 9.17) is 9.52 Å². The third-order valence-corrected chi connectivity index (χ3v) is 4.50. The van der Waals surface area contributed by atoms with Gasteiger partial charge in [-0.3, -0.25) is 4.79 Å². The third kappa shape index (κ3) is 5.20. The fourth-order valence-corrected chi connectivity index (χ4v) is 2.48. The molecular formula is C21H29NO3. The molecule has 1 heterocycles. The van der Waals surface area contributed by atoms with E-state index in [1.807, 2.05) is 12.1 Å². The molecule has 0 radical (unpaired) electrons. The average Bonchev–Trinajstić information content (AvgIpc) is 2.99. The highest BCUT2D eigenvalue weighted by molar-refractivity contribution is 5.73. The van der Waals surface area contributed by atoms with Gasteiger partial charge in [0.1, 0.15) is 11.5 Å². The Kier molecular flexibility index (Phi) is 5.73. The number of hydrogen-bond donors (Lipinski definition) is 2. The van der Waals surface area contributed by atoms with Gasteiger partial charge in [0, 0.05) is 5.56 Å². The Morgan fingerprint density at radius 2 is 1.68 bits per heavy atom. The van der Waals surface area contributed by atoms with Crippen LogP contribution in [0, 0.1) is 5.41 Å². The number of furan rings is 1. The van der Waals surface area contributed by atoms with Crippen molar-refractivity contribution in [3.8, 4) is 11.3 Å². The first-order chi connectivity index (χ1) is 11.6. The van der Waals surface area contributed by atoms with E-state index in [0.717, 1.165) is 17.1 Å². The van der Waals surface area contributed by atoms with Gasteiger partial charge < -0.3 is 14.8 Å². The summed E-state index contributed by atoms with van der Waals surface area (Å²) in [5, 5.41) is 12.4. The molecule has 4 heteroatoms. The lowest BCUT2D eigenvalue weighted by Crippen LogP contribution is -2.28. The molecule has 136 valence electrons. The van der Waals surface area contributed by atoms with Crippen LogP contribution in [0.5, 0.6) is 0 Å². The van der Waals surface area contributed by atoms with Crippen molar-refractivity contribution in [2.45, 2.75) is 53.0 Å². The Hall–Kier alpha value is -2.07. The second kappa shape index (κ2) is 7.44. The van der Waals surface area contributed by atoms with Crippen LogP contribution in [0.3, 0.4) is 0 Å². The Balaban J connectivity index is 1.91. The molecule has 25 heavy (non-hydrogen) atoms. The molecule has 1 aromatic carbocycles. The maximum Gasteiger partial charge on any atom is 0.309 e. The smallest absolute Gasteiger partial charge is 0.309 e. The molecule has 4 nitrogen and oxygen atoms in total. The summed E-state index contributed by atoms with van der Waals surface area (Å²) in [6.45, 7) is 11.3. The summed E-state index contributed by atoms with van der Waals surface area (Å²) in [5.74, 6) is 0.930. The zero-order valence-corrected chi connectivity index (χ0v) is 15.8. The highest BCUT2D eigenvalue weighted by Gasteiger charge is 2.26. The van der Waals surface area contributed by atoms with E-state index in [1.54, 1.807) is 13.8 Å². The first-order valence-corrected chi connectivity index (χ1v) is 8.73. The van der Waals surface area contributed by atoms with E-state index in [-0.39, 0.29) is 5.41 Å². The highest BCUT2D eigenvalue weighted by atomic mass is 16.4. The number of aliphatic carboxylic acids is 1.